The molecule has 1 aromatic carbocycles. The molecule has 6 heteroatoms. The molecule has 5 nitrogen and oxygen atoms in total. The molecule has 2 heterocycles. The van der Waals surface area contributed by atoms with E-state index in [0.29, 0.717) is 22.4 Å². The molecule has 0 aliphatic rings. The number of halogens is 1. The molecule has 1 N–H and O–H groups in total. The number of benzene rings is 1. The predicted molar refractivity (Wildman–Crippen MR) is 87.8 cm³/mol. The lowest BCUT2D eigenvalue weighted by molar-refractivity contribution is -0.108. The van der Waals surface area contributed by atoms with Crippen LogP contribution in [0.2, 0.25) is 0 Å². The van der Waals surface area contributed by atoms with E-state index in [-0.39, 0.29) is 11.5 Å². The monoisotopic (exact) mass is 330 g/mol. The van der Waals surface area contributed by atoms with Crippen molar-refractivity contribution < 1.29 is 14.1 Å². The molecular formula is C17H15ClN2O3. The number of H-pyrrole nitrogens is 1. The largest absolute Gasteiger partial charge is 0.361 e. The second kappa shape index (κ2) is 5.66. The van der Waals surface area contributed by atoms with Gasteiger partial charge in [0.1, 0.15) is 5.76 Å². The molecule has 0 saturated heterocycles. The number of hydrogen-bond donors (Lipinski definition) is 1. The second-order valence-electron chi connectivity index (χ2n) is 5.68. The van der Waals surface area contributed by atoms with Crippen LogP contribution in [-0.2, 0) is 4.79 Å². The third-order valence-electron chi connectivity index (χ3n) is 3.80. The van der Waals surface area contributed by atoms with E-state index in [4.69, 9.17) is 16.1 Å². The average Bonchev–Trinajstić information content (AvgIpc) is 3.06. The number of para-hydroxylation sites is 1. The van der Waals surface area contributed by atoms with Crippen molar-refractivity contribution in [2.45, 2.75) is 26.7 Å². The highest BCUT2D eigenvalue weighted by molar-refractivity contribution is 6.83. The van der Waals surface area contributed by atoms with Crippen molar-refractivity contribution >= 4 is 33.5 Å². The number of carbonyl (C=O) groups is 2. The molecule has 0 bridgehead atoms. The summed E-state index contributed by atoms with van der Waals surface area (Å²) in [7, 11) is 0. The molecule has 3 rings (SSSR count). The number of fused-ring (bicyclic) bond motifs is 1. The number of rotatable bonds is 4. The lowest BCUT2D eigenvalue weighted by Crippen LogP contribution is -2.09. The van der Waals surface area contributed by atoms with E-state index >= 15 is 0 Å². The molecule has 0 aliphatic heterocycles. The van der Waals surface area contributed by atoms with Crippen LogP contribution in [0.15, 0.2) is 28.8 Å². The summed E-state index contributed by atoms with van der Waals surface area (Å²) in [4.78, 5) is 27.1. The molecule has 0 saturated carbocycles. The Balaban J connectivity index is 2.39. The molecule has 0 radical (unpaired) electrons. The number of aromatic nitrogens is 2. The van der Waals surface area contributed by atoms with E-state index in [9.17, 15) is 9.59 Å². The first kappa shape index (κ1) is 15.5. The van der Waals surface area contributed by atoms with Crippen LogP contribution in [0.5, 0.6) is 0 Å². The number of aromatic amines is 1. The minimum Gasteiger partial charge on any atom is -0.361 e. The number of Topliss-reactive ketones (excluding diaryl/α,β-unsaturated/α-hetero) is 1. The number of nitrogens with zero attached hydrogens (tertiary/aromatic N) is 1. The fourth-order valence-corrected chi connectivity index (χ4v) is 2.85. The lowest BCUT2D eigenvalue weighted by Gasteiger charge is -2.05. The highest BCUT2D eigenvalue weighted by atomic mass is 35.5. The number of nitrogens with one attached hydrogen (secondary N) is 1. The topological polar surface area (TPSA) is 76.0 Å². The van der Waals surface area contributed by atoms with E-state index in [1.165, 1.54) is 0 Å². The third-order valence-corrected chi connectivity index (χ3v) is 3.97. The number of carbonyl (C=O) groups excluding carboxylic acids is 2. The summed E-state index contributed by atoms with van der Waals surface area (Å²) in [6.45, 7) is 5.74. The Labute approximate surface area is 137 Å². The van der Waals surface area contributed by atoms with Crippen LogP contribution in [0, 0.1) is 6.92 Å². The zero-order valence-corrected chi connectivity index (χ0v) is 13.7. The predicted octanol–water partition coefficient (Wildman–Crippen LogP) is 4.20. The van der Waals surface area contributed by atoms with E-state index in [1.807, 2.05) is 26.0 Å². The standard InChI is InChI=1S/C17H15ClN2O3/c1-8(2)14-12(9(3)23-20-14)15-13(16(21)17(18)22)10-6-4-5-7-11(10)19-15/h4-8,19H,1-3H3. The van der Waals surface area contributed by atoms with Crippen molar-refractivity contribution in [1.82, 2.24) is 10.1 Å². The molecule has 2 aromatic heterocycles. The molecular weight excluding hydrogens is 316 g/mol. The molecule has 0 aliphatic carbocycles. The van der Waals surface area contributed by atoms with Crippen LogP contribution in [0.25, 0.3) is 22.2 Å². The lowest BCUT2D eigenvalue weighted by atomic mass is 9.97. The zero-order valence-electron chi connectivity index (χ0n) is 12.9. The van der Waals surface area contributed by atoms with Crippen molar-refractivity contribution in [2.24, 2.45) is 0 Å². The van der Waals surface area contributed by atoms with Gasteiger partial charge in [0.15, 0.2) is 0 Å². The molecule has 118 valence electrons. The maximum absolute atomic E-state index is 12.4. The maximum Gasteiger partial charge on any atom is 0.293 e. The molecule has 3 aromatic rings. The van der Waals surface area contributed by atoms with E-state index in [0.717, 1.165) is 11.2 Å². The number of aryl methyl sites for hydroxylation is 1. The van der Waals surface area contributed by atoms with Gasteiger partial charge in [-0.1, -0.05) is 37.2 Å². The summed E-state index contributed by atoms with van der Waals surface area (Å²) in [6, 6.07) is 7.27. The van der Waals surface area contributed by atoms with Gasteiger partial charge in [-0.2, -0.15) is 0 Å². The normalized spacial score (nSPS) is 11.3. The first-order valence-corrected chi connectivity index (χ1v) is 7.61. The van der Waals surface area contributed by atoms with Crippen molar-refractivity contribution in [2.75, 3.05) is 0 Å². The summed E-state index contributed by atoms with van der Waals surface area (Å²) in [5, 5.41) is 3.72. The van der Waals surface area contributed by atoms with Gasteiger partial charge >= 0.3 is 0 Å². The SMILES string of the molecule is Cc1onc(C(C)C)c1-c1[nH]c2ccccc2c1C(=O)C(=O)Cl. The molecule has 0 spiro atoms. The fraction of sp³-hybridized carbons (Fsp3) is 0.235. The summed E-state index contributed by atoms with van der Waals surface area (Å²) in [6.07, 6.45) is 0. The van der Waals surface area contributed by atoms with Crippen LogP contribution in [0.4, 0.5) is 0 Å². The smallest absolute Gasteiger partial charge is 0.293 e. The van der Waals surface area contributed by atoms with Gasteiger partial charge in [-0.15, -0.1) is 0 Å². The molecule has 0 atom stereocenters. The van der Waals surface area contributed by atoms with Gasteiger partial charge in [0.05, 0.1) is 22.5 Å². The minimum absolute atomic E-state index is 0.100. The van der Waals surface area contributed by atoms with E-state index < -0.39 is 11.0 Å². The van der Waals surface area contributed by atoms with Gasteiger partial charge in [-0.05, 0) is 30.5 Å². The Morgan fingerprint density at radius 2 is 1.96 bits per heavy atom. The van der Waals surface area contributed by atoms with Crippen molar-refractivity contribution in [3.05, 3.63) is 41.3 Å². The Kier molecular flexibility index (Phi) is 3.82. The van der Waals surface area contributed by atoms with Crippen LogP contribution in [0.1, 0.15) is 41.6 Å². The first-order valence-electron chi connectivity index (χ1n) is 7.23. The van der Waals surface area contributed by atoms with Gasteiger partial charge in [0.25, 0.3) is 5.24 Å². The Morgan fingerprint density at radius 1 is 1.26 bits per heavy atom. The van der Waals surface area contributed by atoms with Crippen LogP contribution in [-0.4, -0.2) is 21.2 Å². The molecule has 0 fully saturated rings. The van der Waals surface area contributed by atoms with Crippen molar-refractivity contribution in [1.29, 1.82) is 0 Å². The average molecular weight is 331 g/mol. The Hall–Kier alpha value is -2.40. The van der Waals surface area contributed by atoms with Crippen LogP contribution in [0.3, 0.4) is 0 Å². The van der Waals surface area contributed by atoms with Crippen molar-refractivity contribution in [3.63, 3.8) is 0 Å². The number of hydrogen-bond acceptors (Lipinski definition) is 4. The zero-order chi connectivity index (χ0) is 16.7. The maximum atomic E-state index is 12.4. The second-order valence-corrected chi connectivity index (χ2v) is 6.02. The van der Waals surface area contributed by atoms with E-state index in [1.54, 1.807) is 19.1 Å². The van der Waals surface area contributed by atoms with Crippen LogP contribution >= 0.6 is 11.6 Å². The summed E-state index contributed by atoms with van der Waals surface area (Å²) >= 11 is 5.45. The summed E-state index contributed by atoms with van der Waals surface area (Å²) in [5.41, 5.74) is 2.96. The summed E-state index contributed by atoms with van der Waals surface area (Å²) in [5.74, 6) is -0.0609. The summed E-state index contributed by atoms with van der Waals surface area (Å²) < 4.78 is 5.30. The molecule has 0 unspecified atom stereocenters. The fourth-order valence-electron chi connectivity index (χ4n) is 2.75. The van der Waals surface area contributed by atoms with Gasteiger partial charge < -0.3 is 9.51 Å². The third kappa shape index (κ3) is 2.47. The molecule has 0 amide bonds. The number of ketones is 1. The van der Waals surface area contributed by atoms with Gasteiger partial charge in [-0.3, -0.25) is 9.59 Å². The van der Waals surface area contributed by atoms with E-state index in [2.05, 4.69) is 10.1 Å². The van der Waals surface area contributed by atoms with Gasteiger partial charge in [0, 0.05) is 10.9 Å². The highest BCUT2D eigenvalue weighted by Gasteiger charge is 2.28. The molecule has 23 heavy (non-hydrogen) atoms. The van der Waals surface area contributed by atoms with Crippen molar-refractivity contribution in [3.8, 4) is 11.3 Å². The highest BCUT2D eigenvalue weighted by Crippen LogP contribution is 2.37. The van der Waals surface area contributed by atoms with Gasteiger partial charge in [-0.25, -0.2) is 0 Å². The Morgan fingerprint density at radius 3 is 2.61 bits per heavy atom. The van der Waals surface area contributed by atoms with Crippen LogP contribution < -0.4 is 0 Å². The minimum atomic E-state index is -1.02. The van der Waals surface area contributed by atoms with Gasteiger partial charge in [0.2, 0.25) is 5.78 Å². The Bertz CT molecular complexity index is 921. The quantitative estimate of drug-likeness (QED) is 0.442. The first-order chi connectivity index (χ1) is 10.9.